The van der Waals surface area contributed by atoms with Crippen molar-refractivity contribution in [3.63, 3.8) is 0 Å². The highest BCUT2D eigenvalue weighted by Crippen LogP contribution is 2.24. The maximum absolute atomic E-state index is 12.1. The van der Waals surface area contributed by atoms with E-state index in [1.165, 1.54) is 24.3 Å². The summed E-state index contributed by atoms with van der Waals surface area (Å²) in [7, 11) is 0. The molecule has 5 nitrogen and oxygen atoms in total. The standard InChI is InChI=1S/C17H22F3N3O2.HI/c1-2-21-16(23-13-5-3-4-6-13)22-11-15(24)12-7-9-14(10-8-12)25-17(18,19)20;/h3-4,7-10,13,15,24H,2,5-6,11H2,1H3,(H2,21,22,23);1H. The molecule has 0 aliphatic heterocycles. The summed E-state index contributed by atoms with van der Waals surface area (Å²) in [6, 6.07) is 5.41. The van der Waals surface area contributed by atoms with E-state index in [1.54, 1.807) is 0 Å². The van der Waals surface area contributed by atoms with E-state index in [-0.39, 0.29) is 42.3 Å². The summed E-state index contributed by atoms with van der Waals surface area (Å²) in [4.78, 5) is 4.34. The predicted octanol–water partition coefficient (Wildman–Crippen LogP) is 3.51. The first-order chi connectivity index (χ1) is 11.9. The van der Waals surface area contributed by atoms with Gasteiger partial charge in [-0.1, -0.05) is 24.3 Å². The molecule has 146 valence electrons. The van der Waals surface area contributed by atoms with Crippen LogP contribution in [0.5, 0.6) is 5.75 Å². The van der Waals surface area contributed by atoms with Crippen molar-refractivity contribution < 1.29 is 23.0 Å². The van der Waals surface area contributed by atoms with E-state index in [1.807, 2.05) is 6.92 Å². The third-order valence-corrected chi connectivity index (χ3v) is 3.61. The number of aliphatic hydroxyl groups is 1. The average Bonchev–Trinajstić information content (AvgIpc) is 3.05. The molecular weight excluding hydrogens is 462 g/mol. The first kappa shape index (κ1) is 22.6. The molecule has 0 fully saturated rings. The van der Waals surface area contributed by atoms with Gasteiger partial charge in [0.2, 0.25) is 0 Å². The molecule has 3 N–H and O–H groups in total. The molecule has 26 heavy (non-hydrogen) atoms. The molecule has 0 saturated carbocycles. The Kier molecular flexibility index (Phi) is 9.20. The normalized spacial score (nSPS) is 16.1. The minimum atomic E-state index is -4.73. The minimum Gasteiger partial charge on any atom is -0.406 e. The Morgan fingerprint density at radius 3 is 2.42 bits per heavy atom. The molecule has 1 atom stereocenters. The van der Waals surface area contributed by atoms with Gasteiger partial charge in [-0.3, -0.25) is 4.99 Å². The molecule has 2 rings (SSSR count). The largest absolute Gasteiger partial charge is 0.573 e. The second kappa shape index (κ2) is 10.6. The molecule has 0 bridgehead atoms. The van der Waals surface area contributed by atoms with Crippen LogP contribution in [0.3, 0.4) is 0 Å². The van der Waals surface area contributed by atoms with Gasteiger partial charge in [0, 0.05) is 12.6 Å². The molecular formula is C17H23F3IN3O2. The number of hydrogen-bond donors (Lipinski definition) is 3. The maximum Gasteiger partial charge on any atom is 0.573 e. The highest BCUT2D eigenvalue weighted by Gasteiger charge is 2.31. The van der Waals surface area contributed by atoms with Gasteiger partial charge in [0.15, 0.2) is 5.96 Å². The Hall–Kier alpha value is -1.49. The number of rotatable bonds is 6. The van der Waals surface area contributed by atoms with Crippen LogP contribution in [-0.4, -0.2) is 36.6 Å². The van der Waals surface area contributed by atoms with Crippen LogP contribution in [0.15, 0.2) is 41.4 Å². The number of aliphatic imine (C=N–C) groups is 1. The molecule has 1 unspecified atom stereocenters. The summed E-state index contributed by atoms with van der Waals surface area (Å²) in [5.41, 5.74) is 0.469. The minimum absolute atomic E-state index is 0. The van der Waals surface area contributed by atoms with Gasteiger partial charge in [-0.25, -0.2) is 0 Å². The Labute approximate surface area is 167 Å². The van der Waals surface area contributed by atoms with E-state index in [0.29, 0.717) is 18.1 Å². The van der Waals surface area contributed by atoms with Crippen LogP contribution in [0.2, 0.25) is 0 Å². The number of benzene rings is 1. The van der Waals surface area contributed by atoms with Crippen LogP contribution in [0.4, 0.5) is 13.2 Å². The van der Waals surface area contributed by atoms with Crippen LogP contribution in [0, 0.1) is 0 Å². The van der Waals surface area contributed by atoms with Crippen LogP contribution in [-0.2, 0) is 0 Å². The lowest BCUT2D eigenvalue weighted by Crippen LogP contribution is -2.42. The second-order valence-electron chi connectivity index (χ2n) is 5.64. The highest BCUT2D eigenvalue weighted by atomic mass is 127. The Morgan fingerprint density at radius 1 is 1.27 bits per heavy atom. The molecule has 0 heterocycles. The highest BCUT2D eigenvalue weighted by molar-refractivity contribution is 14.0. The van der Waals surface area contributed by atoms with Crippen LogP contribution < -0.4 is 15.4 Å². The Balaban J connectivity index is 0.00000338. The number of nitrogens with one attached hydrogen (secondary N) is 2. The SMILES string of the molecule is CCNC(=NCC(O)c1ccc(OC(F)(F)F)cc1)NC1CC=CC1.I. The number of nitrogens with zero attached hydrogens (tertiary/aromatic N) is 1. The monoisotopic (exact) mass is 485 g/mol. The first-order valence-electron chi connectivity index (χ1n) is 8.11. The van der Waals surface area contributed by atoms with E-state index >= 15 is 0 Å². The van der Waals surface area contributed by atoms with Gasteiger partial charge in [-0.05, 0) is 37.5 Å². The summed E-state index contributed by atoms with van der Waals surface area (Å²) < 4.78 is 40.2. The quantitative estimate of drug-likeness (QED) is 0.250. The van der Waals surface area contributed by atoms with Crippen molar-refractivity contribution in [3.8, 4) is 5.75 Å². The Morgan fingerprint density at radius 2 is 1.88 bits per heavy atom. The van der Waals surface area contributed by atoms with E-state index < -0.39 is 12.5 Å². The van der Waals surface area contributed by atoms with Gasteiger partial charge < -0.3 is 20.5 Å². The lowest BCUT2D eigenvalue weighted by molar-refractivity contribution is -0.274. The third kappa shape index (κ3) is 7.81. The van der Waals surface area contributed by atoms with Crippen LogP contribution >= 0.6 is 24.0 Å². The van der Waals surface area contributed by atoms with Crippen molar-refractivity contribution in [1.29, 1.82) is 0 Å². The molecule has 0 amide bonds. The molecule has 1 aromatic carbocycles. The smallest absolute Gasteiger partial charge is 0.406 e. The molecule has 1 aliphatic rings. The zero-order chi connectivity index (χ0) is 18.3. The fourth-order valence-electron chi connectivity index (χ4n) is 2.42. The lowest BCUT2D eigenvalue weighted by Gasteiger charge is -2.17. The van der Waals surface area contributed by atoms with Crippen molar-refractivity contribution in [1.82, 2.24) is 10.6 Å². The molecule has 0 radical (unpaired) electrons. The molecule has 0 aromatic heterocycles. The second-order valence-corrected chi connectivity index (χ2v) is 5.64. The molecule has 1 aromatic rings. The van der Waals surface area contributed by atoms with Gasteiger partial charge in [0.05, 0.1) is 12.6 Å². The molecule has 9 heteroatoms. The van der Waals surface area contributed by atoms with Gasteiger partial charge in [-0.15, -0.1) is 37.1 Å². The number of alkyl halides is 3. The molecule has 0 saturated heterocycles. The van der Waals surface area contributed by atoms with Crippen molar-refractivity contribution in [2.24, 2.45) is 4.99 Å². The summed E-state index contributed by atoms with van der Waals surface area (Å²) in [6.45, 7) is 2.72. The maximum atomic E-state index is 12.1. The van der Waals surface area contributed by atoms with Gasteiger partial charge in [-0.2, -0.15) is 0 Å². The zero-order valence-electron chi connectivity index (χ0n) is 14.3. The van der Waals surface area contributed by atoms with Crippen molar-refractivity contribution in [2.75, 3.05) is 13.1 Å². The van der Waals surface area contributed by atoms with Crippen molar-refractivity contribution in [3.05, 3.63) is 42.0 Å². The predicted molar refractivity (Wildman–Crippen MR) is 105 cm³/mol. The fraction of sp³-hybridized carbons (Fsp3) is 0.471. The summed E-state index contributed by atoms with van der Waals surface area (Å²) in [5, 5.41) is 16.6. The number of ether oxygens (including phenoxy) is 1. The van der Waals surface area contributed by atoms with Gasteiger partial charge in [0.25, 0.3) is 0 Å². The van der Waals surface area contributed by atoms with Gasteiger partial charge >= 0.3 is 6.36 Å². The number of halogens is 4. The lowest BCUT2D eigenvalue weighted by atomic mass is 10.1. The van der Waals surface area contributed by atoms with Gasteiger partial charge in [0.1, 0.15) is 5.75 Å². The van der Waals surface area contributed by atoms with Crippen LogP contribution in [0.1, 0.15) is 31.4 Å². The zero-order valence-corrected chi connectivity index (χ0v) is 16.6. The Bertz CT molecular complexity index is 598. The van der Waals surface area contributed by atoms with Crippen LogP contribution in [0.25, 0.3) is 0 Å². The van der Waals surface area contributed by atoms with Crippen molar-refractivity contribution in [2.45, 2.75) is 38.3 Å². The van der Waals surface area contributed by atoms with Crippen molar-refractivity contribution >= 4 is 29.9 Å². The van der Waals surface area contributed by atoms with E-state index in [9.17, 15) is 18.3 Å². The summed E-state index contributed by atoms with van der Waals surface area (Å²) in [6.07, 6.45) is 0.395. The third-order valence-electron chi connectivity index (χ3n) is 3.61. The topological polar surface area (TPSA) is 65.9 Å². The van der Waals surface area contributed by atoms with E-state index in [4.69, 9.17) is 0 Å². The number of hydrogen-bond acceptors (Lipinski definition) is 3. The molecule has 0 spiro atoms. The number of guanidine groups is 1. The summed E-state index contributed by atoms with van der Waals surface area (Å²) >= 11 is 0. The number of aliphatic hydroxyl groups excluding tert-OH is 1. The average molecular weight is 485 g/mol. The first-order valence-corrected chi connectivity index (χ1v) is 8.11. The van der Waals surface area contributed by atoms with E-state index in [0.717, 1.165) is 12.8 Å². The fourth-order valence-corrected chi connectivity index (χ4v) is 2.42. The van der Waals surface area contributed by atoms with E-state index in [2.05, 4.69) is 32.5 Å². The summed E-state index contributed by atoms with van der Waals surface area (Å²) in [5.74, 6) is 0.281. The molecule has 1 aliphatic carbocycles.